The molecular formula is C17H20N4O. The minimum Gasteiger partial charge on any atom is -0.355 e. The molecule has 0 atom stereocenters. The van der Waals surface area contributed by atoms with Gasteiger partial charge in [-0.3, -0.25) is 9.78 Å². The van der Waals surface area contributed by atoms with Crippen LogP contribution in [0.5, 0.6) is 0 Å². The monoisotopic (exact) mass is 296 g/mol. The van der Waals surface area contributed by atoms with E-state index in [1.165, 1.54) is 5.56 Å². The van der Waals surface area contributed by atoms with Crippen molar-refractivity contribution < 1.29 is 4.79 Å². The summed E-state index contributed by atoms with van der Waals surface area (Å²) >= 11 is 0. The van der Waals surface area contributed by atoms with Gasteiger partial charge in [-0.1, -0.05) is 6.92 Å². The van der Waals surface area contributed by atoms with Crippen LogP contribution < -0.4 is 4.90 Å². The van der Waals surface area contributed by atoms with Crippen LogP contribution in [0.15, 0.2) is 24.5 Å². The van der Waals surface area contributed by atoms with E-state index in [9.17, 15) is 4.79 Å². The summed E-state index contributed by atoms with van der Waals surface area (Å²) in [6, 6.07) is 3.84. The Labute approximate surface area is 130 Å². The summed E-state index contributed by atoms with van der Waals surface area (Å²) in [7, 11) is 0. The number of rotatable bonds is 3. The number of anilines is 1. The lowest BCUT2D eigenvalue weighted by atomic mass is 10.1. The molecule has 0 saturated carbocycles. The molecule has 0 bridgehead atoms. The van der Waals surface area contributed by atoms with Crippen molar-refractivity contribution in [3.05, 3.63) is 35.8 Å². The van der Waals surface area contributed by atoms with Gasteiger partial charge < -0.3 is 4.90 Å². The van der Waals surface area contributed by atoms with E-state index in [0.29, 0.717) is 18.6 Å². The lowest BCUT2D eigenvalue weighted by molar-refractivity contribution is -0.119. The standard InChI is InChI=1S/C17H20N4O/c1-3-15-12(2)19-16(13-4-8-18-9-5-13)20-17(15)21-10-6-14(22)7-11-21/h4-5,8-9H,3,6-7,10-11H2,1-2H3. The number of ketones is 1. The van der Waals surface area contributed by atoms with Gasteiger partial charge in [-0.2, -0.15) is 0 Å². The highest BCUT2D eigenvalue weighted by atomic mass is 16.1. The first-order valence-corrected chi connectivity index (χ1v) is 7.73. The van der Waals surface area contributed by atoms with Crippen LogP contribution in [0.2, 0.25) is 0 Å². The van der Waals surface area contributed by atoms with E-state index in [-0.39, 0.29) is 0 Å². The molecule has 114 valence electrons. The maximum absolute atomic E-state index is 11.5. The van der Waals surface area contributed by atoms with Gasteiger partial charge >= 0.3 is 0 Å². The minimum atomic E-state index is 0.342. The number of Topliss-reactive ketones (excluding diaryl/α,β-unsaturated/α-hetero) is 1. The zero-order valence-electron chi connectivity index (χ0n) is 13.0. The van der Waals surface area contributed by atoms with Gasteiger partial charge in [0.2, 0.25) is 0 Å². The highest BCUT2D eigenvalue weighted by Gasteiger charge is 2.22. The van der Waals surface area contributed by atoms with Gasteiger partial charge in [-0.25, -0.2) is 9.97 Å². The Morgan fingerprint density at radius 2 is 1.82 bits per heavy atom. The number of hydrogen-bond acceptors (Lipinski definition) is 5. The van der Waals surface area contributed by atoms with E-state index in [1.807, 2.05) is 19.1 Å². The summed E-state index contributed by atoms with van der Waals surface area (Å²) < 4.78 is 0. The van der Waals surface area contributed by atoms with Crippen molar-refractivity contribution in [2.45, 2.75) is 33.1 Å². The van der Waals surface area contributed by atoms with E-state index < -0.39 is 0 Å². The van der Waals surface area contributed by atoms with E-state index in [1.54, 1.807) is 12.4 Å². The van der Waals surface area contributed by atoms with Crippen LogP contribution >= 0.6 is 0 Å². The van der Waals surface area contributed by atoms with Gasteiger partial charge in [0.25, 0.3) is 0 Å². The van der Waals surface area contributed by atoms with Crippen LogP contribution in [-0.4, -0.2) is 33.8 Å². The van der Waals surface area contributed by atoms with E-state index >= 15 is 0 Å². The molecule has 3 rings (SSSR count). The zero-order chi connectivity index (χ0) is 15.5. The number of aryl methyl sites for hydroxylation is 1. The molecule has 1 fully saturated rings. The van der Waals surface area contributed by atoms with Crippen LogP contribution in [0.4, 0.5) is 5.82 Å². The second-order valence-corrected chi connectivity index (χ2v) is 5.55. The first-order chi connectivity index (χ1) is 10.7. The molecule has 0 unspecified atom stereocenters. The fourth-order valence-corrected chi connectivity index (χ4v) is 2.85. The smallest absolute Gasteiger partial charge is 0.161 e. The van der Waals surface area contributed by atoms with E-state index in [2.05, 4.69) is 21.8 Å². The second kappa shape index (κ2) is 6.22. The highest BCUT2D eigenvalue weighted by molar-refractivity contribution is 5.81. The molecule has 0 amide bonds. The molecular weight excluding hydrogens is 276 g/mol. The maximum atomic E-state index is 11.5. The summed E-state index contributed by atoms with van der Waals surface area (Å²) in [6.07, 6.45) is 5.61. The third-order valence-electron chi connectivity index (χ3n) is 4.10. The number of carbonyl (C=O) groups is 1. The fraction of sp³-hybridized carbons (Fsp3) is 0.412. The van der Waals surface area contributed by atoms with Crippen LogP contribution in [0.3, 0.4) is 0 Å². The van der Waals surface area contributed by atoms with E-state index in [0.717, 1.165) is 42.4 Å². The molecule has 0 spiro atoms. The molecule has 5 nitrogen and oxygen atoms in total. The van der Waals surface area contributed by atoms with Gasteiger partial charge in [0, 0.05) is 55.1 Å². The molecule has 2 aromatic heterocycles. The molecule has 3 heterocycles. The minimum absolute atomic E-state index is 0.342. The predicted molar refractivity (Wildman–Crippen MR) is 85.8 cm³/mol. The summed E-state index contributed by atoms with van der Waals surface area (Å²) in [5.74, 6) is 2.05. The van der Waals surface area contributed by atoms with Gasteiger partial charge in [0.1, 0.15) is 11.6 Å². The molecule has 0 aliphatic carbocycles. The topological polar surface area (TPSA) is 59.0 Å². The summed E-state index contributed by atoms with van der Waals surface area (Å²) in [4.78, 5) is 27.2. The molecule has 1 aliphatic heterocycles. The average molecular weight is 296 g/mol. The SMILES string of the molecule is CCc1c(C)nc(-c2ccncc2)nc1N1CCC(=O)CC1. The summed E-state index contributed by atoms with van der Waals surface area (Å²) in [5.41, 5.74) is 3.15. The van der Waals surface area contributed by atoms with Crippen molar-refractivity contribution in [3.63, 3.8) is 0 Å². The number of aromatic nitrogens is 3. The van der Waals surface area contributed by atoms with Crippen molar-refractivity contribution in [3.8, 4) is 11.4 Å². The Balaban J connectivity index is 2.03. The number of pyridine rings is 1. The highest BCUT2D eigenvalue weighted by Crippen LogP contribution is 2.27. The molecule has 0 radical (unpaired) electrons. The predicted octanol–water partition coefficient (Wildman–Crippen LogP) is 2.58. The van der Waals surface area contributed by atoms with Crippen LogP contribution in [-0.2, 0) is 11.2 Å². The van der Waals surface area contributed by atoms with Crippen molar-refractivity contribution in [1.29, 1.82) is 0 Å². The third-order valence-corrected chi connectivity index (χ3v) is 4.10. The van der Waals surface area contributed by atoms with Gasteiger partial charge in [-0.15, -0.1) is 0 Å². The van der Waals surface area contributed by atoms with E-state index in [4.69, 9.17) is 4.98 Å². The molecule has 0 N–H and O–H groups in total. The van der Waals surface area contributed by atoms with Crippen LogP contribution in [0.25, 0.3) is 11.4 Å². The third kappa shape index (κ3) is 2.84. The van der Waals surface area contributed by atoms with Crippen molar-refractivity contribution >= 4 is 11.6 Å². The summed E-state index contributed by atoms with van der Waals surface area (Å²) in [6.45, 7) is 5.65. The zero-order valence-corrected chi connectivity index (χ0v) is 13.0. The van der Waals surface area contributed by atoms with Crippen LogP contribution in [0, 0.1) is 6.92 Å². The summed E-state index contributed by atoms with van der Waals surface area (Å²) in [5, 5.41) is 0. The quantitative estimate of drug-likeness (QED) is 0.871. The van der Waals surface area contributed by atoms with Crippen molar-refractivity contribution in [2.75, 3.05) is 18.0 Å². The number of carbonyl (C=O) groups excluding carboxylic acids is 1. The lowest BCUT2D eigenvalue weighted by Crippen LogP contribution is -2.35. The number of piperidine rings is 1. The Hall–Kier alpha value is -2.30. The van der Waals surface area contributed by atoms with Gasteiger partial charge in [0.15, 0.2) is 5.82 Å². The Kier molecular flexibility index (Phi) is 4.13. The second-order valence-electron chi connectivity index (χ2n) is 5.55. The normalized spacial score (nSPS) is 15.2. The Morgan fingerprint density at radius 1 is 1.14 bits per heavy atom. The first-order valence-electron chi connectivity index (χ1n) is 7.73. The van der Waals surface area contributed by atoms with Crippen LogP contribution in [0.1, 0.15) is 31.0 Å². The lowest BCUT2D eigenvalue weighted by Gasteiger charge is -2.29. The molecule has 1 saturated heterocycles. The molecule has 0 aromatic carbocycles. The van der Waals surface area contributed by atoms with Gasteiger partial charge in [-0.05, 0) is 25.5 Å². The number of hydrogen-bond donors (Lipinski definition) is 0. The fourth-order valence-electron chi connectivity index (χ4n) is 2.85. The molecule has 2 aromatic rings. The Bertz CT molecular complexity index is 675. The average Bonchev–Trinajstić information content (AvgIpc) is 2.55. The first kappa shape index (κ1) is 14.6. The van der Waals surface area contributed by atoms with Gasteiger partial charge in [0.05, 0.1) is 0 Å². The largest absolute Gasteiger partial charge is 0.355 e. The Morgan fingerprint density at radius 3 is 2.45 bits per heavy atom. The van der Waals surface area contributed by atoms with Crippen molar-refractivity contribution in [1.82, 2.24) is 15.0 Å². The molecule has 22 heavy (non-hydrogen) atoms. The maximum Gasteiger partial charge on any atom is 0.161 e. The van der Waals surface area contributed by atoms with Crippen molar-refractivity contribution in [2.24, 2.45) is 0 Å². The molecule has 5 heteroatoms. The molecule has 1 aliphatic rings. The number of nitrogens with zero attached hydrogens (tertiary/aromatic N) is 4.